The number of nitrogens with one attached hydrogen (secondary N) is 2. The fourth-order valence-corrected chi connectivity index (χ4v) is 4.73. The van der Waals surface area contributed by atoms with E-state index in [1.54, 1.807) is 50.8 Å². The molecule has 1 rings (SSSR count). The molecule has 1 aromatic rings. The minimum atomic E-state index is -1.05. The predicted octanol–water partition coefficient (Wildman–Crippen LogP) is 6.78. The summed E-state index contributed by atoms with van der Waals surface area (Å²) in [5.41, 5.74) is 0.276. The van der Waals surface area contributed by atoms with Crippen LogP contribution in [0.5, 0.6) is 5.75 Å². The quantitative estimate of drug-likeness (QED) is 0.193. The van der Waals surface area contributed by atoms with Gasteiger partial charge >= 0.3 is 6.09 Å². The predicted molar refractivity (Wildman–Crippen MR) is 161 cm³/mol. The van der Waals surface area contributed by atoms with E-state index in [1.165, 1.54) is 0 Å². The molecule has 0 fully saturated rings. The van der Waals surface area contributed by atoms with Crippen LogP contribution in [0, 0.1) is 12.8 Å². The molecule has 0 radical (unpaired) electrons. The van der Waals surface area contributed by atoms with Crippen LogP contribution in [0.25, 0.3) is 0 Å². The van der Waals surface area contributed by atoms with Crippen molar-refractivity contribution in [3.8, 4) is 5.75 Å². The fraction of sp³-hybridized carbons (Fsp3) is 0.719. The Bertz CT molecular complexity index is 943. The van der Waals surface area contributed by atoms with Gasteiger partial charge in [0.2, 0.25) is 11.8 Å². The summed E-state index contributed by atoms with van der Waals surface area (Å²) in [5, 5.41) is 17.0. The van der Waals surface area contributed by atoms with Gasteiger partial charge < -0.3 is 25.4 Å². The van der Waals surface area contributed by atoms with E-state index in [-0.39, 0.29) is 29.5 Å². The Hall–Kier alpha value is -2.77. The number of carbonyl (C=O) groups is 3. The fourth-order valence-electron chi connectivity index (χ4n) is 4.73. The number of carbonyl (C=O) groups excluding carboxylic acids is 3. The van der Waals surface area contributed by atoms with E-state index < -0.39 is 23.8 Å². The molecule has 0 bridgehead atoms. The Balaban J connectivity index is 3.60. The first-order chi connectivity index (χ1) is 18.8. The highest BCUT2D eigenvalue weighted by Gasteiger charge is 2.39. The number of nitrogens with zero attached hydrogens (tertiary/aromatic N) is 1. The third-order valence-electron chi connectivity index (χ3n) is 7.17. The summed E-state index contributed by atoms with van der Waals surface area (Å²) >= 11 is 0. The summed E-state index contributed by atoms with van der Waals surface area (Å²) < 4.78 is 5.49. The Morgan fingerprint density at radius 3 is 2.20 bits per heavy atom. The number of alkyl carbamates (subject to hydrolysis) is 1. The molecule has 40 heavy (non-hydrogen) atoms. The summed E-state index contributed by atoms with van der Waals surface area (Å²) in [7, 11) is 0. The van der Waals surface area contributed by atoms with Crippen LogP contribution in [0.4, 0.5) is 4.79 Å². The number of rotatable bonds is 16. The standard InChI is InChI=1S/C32H55N3O5/c1-10-13-14-15-16-21-35(30(38)26(22(4)12-3)34-31(39)40-32(7,8)9)27(29(37)33-24(6)18-11-2)25-20-17-19-23(5)28(25)36/h17,19-20,22,24,26-27,36H,10-16,18,21H2,1-9H3,(H,33,37)(H,34,39). The molecule has 0 aromatic heterocycles. The Morgan fingerprint density at radius 2 is 1.62 bits per heavy atom. The van der Waals surface area contributed by atoms with Crippen molar-refractivity contribution in [2.45, 2.75) is 137 Å². The topological polar surface area (TPSA) is 108 Å². The lowest BCUT2D eigenvalue weighted by atomic mass is 9.94. The van der Waals surface area contributed by atoms with Gasteiger partial charge in [0.05, 0.1) is 0 Å². The number of aromatic hydroxyl groups is 1. The van der Waals surface area contributed by atoms with E-state index in [9.17, 15) is 19.5 Å². The van der Waals surface area contributed by atoms with Gasteiger partial charge in [0.25, 0.3) is 0 Å². The van der Waals surface area contributed by atoms with Crippen molar-refractivity contribution in [2.75, 3.05) is 6.54 Å². The van der Waals surface area contributed by atoms with Gasteiger partial charge in [-0.1, -0.05) is 84.4 Å². The molecule has 8 nitrogen and oxygen atoms in total. The maximum absolute atomic E-state index is 14.4. The molecule has 1 aromatic carbocycles. The average Bonchev–Trinajstić information content (AvgIpc) is 2.86. The summed E-state index contributed by atoms with van der Waals surface area (Å²) in [6.45, 7) is 17.4. The van der Waals surface area contributed by atoms with Crippen molar-refractivity contribution >= 4 is 17.9 Å². The minimum Gasteiger partial charge on any atom is -0.507 e. The molecule has 3 N–H and O–H groups in total. The number of hydrogen-bond donors (Lipinski definition) is 3. The van der Waals surface area contributed by atoms with Gasteiger partial charge in [0.15, 0.2) is 0 Å². The molecule has 4 unspecified atom stereocenters. The van der Waals surface area contributed by atoms with Crippen LogP contribution in [0.1, 0.15) is 124 Å². The second kappa shape index (κ2) is 17.1. The van der Waals surface area contributed by atoms with E-state index in [0.717, 1.165) is 38.5 Å². The first kappa shape index (κ1) is 35.3. The molecule has 0 saturated carbocycles. The van der Waals surface area contributed by atoms with Crippen LogP contribution in [-0.2, 0) is 14.3 Å². The average molecular weight is 562 g/mol. The van der Waals surface area contributed by atoms with Crippen molar-refractivity contribution in [3.63, 3.8) is 0 Å². The van der Waals surface area contributed by atoms with Crippen molar-refractivity contribution < 1.29 is 24.2 Å². The number of aryl methyl sites for hydroxylation is 1. The summed E-state index contributed by atoms with van der Waals surface area (Å²) in [6, 6.07) is 3.22. The van der Waals surface area contributed by atoms with E-state index in [1.807, 2.05) is 20.8 Å². The third-order valence-corrected chi connectivity index (χ3v) is 7.17. The number of benzene rings is 1. The maximum Gasteiger partial charge on any atom is 0.408 e. The number of amides is 3. The maximum atomic E-state index is 14.4. The van der Waals surface area contributed by atoms with Gasteiger partial charge in [-0.3, -0.25) is 9.59 Å². The molecule has 0 spiro atoms. The Morgan fingerprint density at radius 1 is 0.975 bits per heavy atom. The molecular weight excluding hydrogens is 506 g/mol. The minimum absolute atomic E-state index is 0.00484. The van der Waals surface area contributed by atoms with Gasteiger partial charge in [-0.05, 0) is 58.9 Å². The molecule has 0 heterocycles. The van der Waals surface area contributed by atoms with Crippen LogP contribution in [0.2, 0.25) is 0 Å². The van der Waals surface area contributed by atoms with E-state index in [0.29, 0.717) is 30.5 Å². The number of phenols is 1. The van der Waals surface area contributed by atoms with Crippen LogP contribution in [0.15, 0.2) is 18.2 Å². The monoisotopic (exact) mass is 561 g/mol. The number of para-hydroxylation sites is 1. The lowest BCUT2D eigenvalue weighted by Gasteiger charge is -2.37. The zero-order valence-corrected chi connectivity index (χ0v) is 26.4. The van der Waals surface area contributed by atoms with Crippen LogP contribution >= 0.6 is 0 Å². The number of hydrogen-bond acceptors (Lipinski definition) is 5. The van der Waals surface area contributed by atoms with Gasteiger partial charge in [0, 0.05) is 18.2 Å². The van der Waals surface area contributed by atoms with Gasteiger partial charge in [-0.2, -0.15) is 0 Å². The Kier molecular flexibility index (Phi) is 15.1. The summed E-state index contributed by atoms with van der Waals surface area (Å²) in [5.74, 6) is -0.921. The number of phenolic OH excluding ortho intramolecular Hbond substituents is 1. The van der Waals surface area contributed by atoms with Crippen molar-refractivity contribution in [2.24, 2.45) is 5.92 Å². The number of ether oxygens (including phenoxy) is 1. The summed E-state index contributed by atoms with van der Waals surface area (Å²) in [6.07, 6.45) is 6.48. The van der Waals surface area contributed by atoms with E-state index >= 15 is 0 Å². The Labute approximate surface area is 242 Å². The molecular formula is C32H55N3O5. The van der Waals surface area contributed by atoms with Crippen LogP contribution < -0.4 is 10.6 Å². The number of unbranched alkanes of at least 4 members (excludes halogenated alkanes) is 4. The van der Waals surface area contributed by atoms with Crippen LogP contribution in [-0.4, -0.2) is 52.1 Å². The lowest BCUT2D eigenvalue weighted by Crippen LogP contribution is -2.55. The van der Waals surface area contributed by atoms with Crippen molar-refractivity contribution in [1.82, 2.24) is 15.5 Å². The molecule has 4 atom stereocenters. The van der Waals surface area contributed by atoms with E-state index in [4.69, 9.17) is 4.74 Å². The highest BCUT2D eigenvalue weighted by molar-refractivity contribution is 5.92. The molecule has 0 aliphatic carbocycles. The highest BCUT2D eigenvalue weighted by Crippen LogP contribution is 2.33. The second-order valence-electron chi connectivity index (χ2n) is 12.1. The molecule has 0 aliphatic heterocycles. The zero-order valence-electron chi connectivity index (χ0n) is 26.4. The molecule has 228 valence electrons. The van der Waals surface area contributed by atoms with E-state index in [2.05, 4.69) is 24.5 Å². The molecule has 0 saturated heterocycles. The van der Waals surface area contributed by atoms with Gasteiger partial charge in [-0.15, -0.1) is 0 Å². The lowest BCUT2D eigenvalue weighted by molar-refractivity contribution is -0.143. The third kappa shape index (κ3) is 11.4. The first-order valence-corrected chi connectivity index (χ1v) is 15.2. The van der Waals surface area contributed by atoms with Crippen molar-refractivity contribution in [3.05, 3.63) is 29.3 Å². The SMILES string of the molecule is CCCCCCCN(C(=O)C(NC(=O)OC(C)(C)C)C(C)CC)C(C(=O)NC(C)CCC)c1cccc(C)c1O. The molecule has 3 amide bonds. The van der Waals surface area contributed by atoms with Gasteiger partial charge in [-0.25, -0.2) is 4.79 Å². The zero-order chi connectivity index (χ0) is 30.5. The first-order valence-electron chi connectivity index (χ1n) is 15.2. The highest BCUT2D eigenvalue weighted by atomic mass is 16.6. The van der Waals surface area contributed by atoms with Crippen LogP contribution in [0.3, 0.4) is 0 Å². The summed E-state index contributed by atoms with van der Waals surface area (Å²) in [4.78, 5) is 42.7. The molecule has 8 heteroatoms. The largest absolute Gasteiger partial charge is 0.507 e. The smallest absolute Gasteiger partial charge is 0.408 e. The second-order valence-corrected chi connectivity index (χ2v) is 12.1. The molecule has 0 aliphatic rings. The van der Waals surface area contributed by atoms with Gasteiger partial charge in [0.1, 0.15) is 23.4 Å². The van der Waals surface area contributed by atoms with Crippen molar-refractivity contribution in [1.29, 1.82) is 0 Å². The normalized spacial score (nSPS) is 14.5.